The first-order valence-electron chi connectivity index (χ1n) is 6.85. The molecule has 6 heteroatoms. The van der Waals surface area contributed by atoms with Gasteiger partial charge in [-0.05, 0) is 31.5 Å². The molecule has 1 fully saturated rings. The van der Waals surface area contributed by atoms with Crippen LogP contribution in [0.25, 0.3) is 0 Å². The Morgan fingerprint density at radius 2 is 2.19 bits per heavy atom. The maximum Gasteiger partial charge on any atom is 0.275 e. The van der Waals surface area contributed by atoms with E-state index in [1.807, 2.05) is 0 Å². The summed E-state index contributed by atoms with van der Waals surface area (Å²) in [5, 5.41) is 5.81. The second-order valence-electron chi connectivity index (χ2n) is 4.91. The van der Waals surface area contributed by atoms with Gasteiger partial charge in [-0.3, -0.25) is 9.78 Å². The first-order valence-corrected chi connectivity index (χ1v) is 6.85. The van der Waals surface area contributed by atoms with Crippen LogP contribution in [-0.2, 0) is 0 Å². The molecule has 1 aliphatic rings. The average Bonchev–Trinajstić information content (AvgIpc) is 3.04. The molecule has 1 amide bonds. The van der Waals surface area contributed by atoms with E-state index in [2.05, 4.69) is 20.6 Å². The van der Waals surface area contributed by atoms with E-state index in [0.29, 0.717) is 0 Å². The van der Waals surface area contributed by atoms with Crippen LogP contribution >= 0.6 is 0 Å². The molecule has 2 N–H and O–H groups in total. The van der Waals surface area contributed by atoms with E-state index in [1.54, 1.807) is 18.3 Å². The number of nitrogens with one attached hydrogen (secondary N) is 2. The normalized spacial score (nSPS) is 17.7. The van der Waals surface area contributed by atoms with E-state index < -0.39 is 11.7 Å². The molecule has 0 saturated carbocycles. The molecule has 0 bridgehead atoms. The molecular weight excluding hydrogens is 271 g/mol. The maximum absolute atomic E-state index is 13.5. The Balaban J connectivity index is 1.78. The summed E-state index contributed by atoms with van der Waals surface area (Å²) in [6, 6.07) is 6.16. The van der Waals surface area contributed by atoms with E-state index in [4.69, 9.17) is 0 Å². The highest BCUT2D eigenvalue weighted by atomic mass is 19.1. The Morgan fingerprint density at radius 3 is 2.95 bits per heavy atom. The molecule has 1 aliphatic heterocycles. The van der Waals surface area contributed by atoms with Crippen molar-refractivity contribution in [2.45, 2.75) is 18.9 Å². The van der Waals surface area contributed by atoms with Crippen LogP contribution in [0.2, 0.25) is 0 Å². The summed E-state index contributed by atoms with van der Waals surface area (Å²) >= 11 is 0. The number of hydrogen-bond acceptors (Lipinski definition) is 4. The van der Waals surface area contributed by atoms with E-state index >= 15 is 0 Å². The monoisotopic (exact) mass is 286 g/mol. The summed E-state index contributed by atoms with van der Waals surface area (Å²) < 4.78 is 13.5. The summed E-state index contributed by atoms with van der Waals surface area (Å²) in [7, 11) is 0. The van der Waals surface area contributed by atoms with Gasteiger partial charge in [0.1, 0.15) is 11.5 Å². The molecule has 0 spiro atoms. The number of aromatic nitrogens is 2. The van der Waals surface area contributed by atoms with Crippen molar-refractivity contribution in [3.63, 3.8) is 0 Å². The third kappa shape index (κ3) is 3.05. The number of hydrogen-bond donors (Lipinski definition) is 2. The van der Waals surface area contributed by atoms with Gasteiger partial charge < -0.3 is 10.6 Å². The highest BCUT2D eigenvalue weighted by molar-refractivity contribution is 6.02. The third-order valence-corrected chi connectivity index (χ3v) is 3.43. The number of para-hydroxylation sites is 1. The van der Waals surface area contributed by atoms with Gasteiger partial charge >= 0.3 is 0 Å². The predicted octanol–water partition coefficient (Wildman–Crippen LogP) is 2.29. The highest BCUT2D eigenvalue weighted by Crippen LogP contribution is 2.21. The van der Waals surface area contributed by atoms with Crippen LogP contribution in [0.4, 0.5) is 10.1 Å². The van der Waals surface area contributed by atoms with Crippen molar-refractivity contribution in [3.8, 4) is 0 Å². The molecule has 3 rings (SSSR count). The second-order valence-corrected chi connectivity index (χ2v) is 4.91. The van der Waals surface area contributed by atoms with Crippen molar-refractivity contribution < 1.29 is 9.18 Å². The summed E-state index contributed by atoms with van der Waals surface area (Å²) in [6.45, 7) is 0.942. The fourth-order valence-electron chi connectivity index (χ4n) is 2.34. The van der Waals surface area contributed by atoms with Crippen molar-refractivity contribution in [1.29, 1.82) is 0 Å². The van der Waals surface area contributed by atoms with Gasteiger partial charge in [0.2, 0.25) is 0 Å². The number of carbonyl (C=O) groups excluding carboxylic acids is 1. The topological polar surface area (TPSA) is 66.9 Å². The van der Waals surface area contributed by atoms with Gasteiger partial charge in [0.15, 0.2) is 0 Å². The quantitative estimate of drug-likeness (QED) is 0.908. The van der Waals surface area contributed by atoms with Crippen LogP contribution in [0, 0.1) is 5.82 Å². The molecule has 108 valence electrons. The van der Waals surface area contributed by atoms with Gasteiger partial charge in [0.25, 0.3) is 5.91 Å². The van der Waals surface area contributed by atoms with Crippen molar-refractivity contribution >= 4 is 11.6 Å². The first kappa shape index (κ1) is 13.6. The van der Waals surface area contributed by atoms with Crippen molar-refractivity contribution in [3.05, 3.63) is 53.9 Å². The van der Waals surface area contributed by atoms with Gasteiger partial charge in [-0.2, -0.15) is 0 Å². The SMILES string of the molecule is O=C(Nc1ccccc1F)c1cncc([C@@H]2CCCN2)n1. The highest BCUT2D eigenvalue weighted by Gasteiger charge is 2.19. The lowest BCUT2D eigenvalue weighted by Gasteiger charge is -2.10. The third-order valence-electron chi connectivity index (χ3n) is 3.43. The predicted molar refractivity (Wildman–Crippen MR) is 76.4 cm³/mol. The Hall–Kier alpha value is -2.34. The number of nitrogens with zero attached hydrogens (tertiary/aromatic N) is 2. The molecule has 21 heavy (non-hydrogen) atoms. The van der Waals surface area contributed by atoms with Crippen molar-refractivity contribution in [2.24, 2.45) is 0 Å². The van der Waals surface area contributed by atoms with E-state index in [-0.39, 0.29) is 17.4 Å². The van der Waals surface area contributed by atoms with Gasteiger partial charge in [-0.15, -0.1) is 0 Å². The summed E-state index contributed by atoms with van der Waals surface area (Å²) in [6.07, 6.45) is 5.10. The smallest absolute Gasteiger partial charge is 0.275 e. The van der Waals surface area contributed by atoms with Crippen LogP contribution in [0.5, 0.6) is 0 Å². The molecule has 2 aromatic rings. The number of carbonyl (C=O) groups is 1. The fourth-order valence-corrected chi connectivity index (χ4v) is 2.34. The first-order chi connectivity index (χ1) is 10.2. The lowest BCUT2D eigenvalue weighted by atomic mass is 10.1. The maximum atomic E-state index is 13.5. The van der Waals surface area contributed by atoms with E-state index in [1.165, 1.54) is 18.3 Å². The summed E-state index contributed by atoms with van der Waals surface area (Å²) in [5.74, 6) is -0.945. The lowest BCUT2D eigenvalue weighted by molar-refractivity contribution is 0.102. The number of halogens is 1. The van der Waals surface area contributed by atoms with Gasteiger partial charge in [0.05, 0.1) is 29.8 Å². The van der Waals surface area contributed by atoms with Crippen LogP contribution < -0.4 is 10.6 Å². The van der Waals surface area contributed by atoms with E-state index in [9.17, 15) is 9.18 Å². The largest absolute Gasteiger partial charge is 0.318 e. The van der Waals surface area contributed by atoms with Crippen LogP contribution in [0.1, 0.15) is 35.1 Å². The molecular formula is C15H15FN4O. The minimum Gasteiger partial charge on any atom is -0.318 e. The molecule has 5 nitrogen and oxygen atoms in total. The number of anilines is 1. The van der Waals surface area contributed by atoms with Crippen LogP contribution in [0.3, 0.4) is 0 Å². The molecule has 1 atom stereocenters. The standard InChI is InChI=1S/C15H15FN4O/c16-10-4-1-2-5-11(10)20-15(21)14-9-17-8-13(19-14)12-6-3-7-18-12/h1-2,4-5,8-9,12,18H,3,6-7H2,(H,20,21)/t12-/m0/s1. The number of amides is 1. The van der Waals surface area contributed by atoms with Gasteiger partial charge in [-0.25, -0.2) is 9.37 Å². The summed E-state index contributed by atoms with van der Waals surface area (Å²) in [5.41, 5.74) is 1.06. The Bertz CT molecular complexity index is 656. The van der Waals surface area contributed by atoms with Crippen molar-refractivity contribution in [2.75, 3.05) is 11.9 Å². The zero-order valence-electron chi connectivity index (χ0n) is 11.3. The van der Waals surface area contributed by atoms with Crippen LogP contribution in [0.15, 0.2) is 36.7 Å². The summed E-state index contributed by atoms with van der Waals surface area (Å²) in [4.78, 5) is 20.5. The average molecular weight is 286 g/mol. The fraction of sp³-hybridized carbons (Fsp3) is 0.267. The minimum atomic E-state index is -0.479. The Labute approximate surface area is 121 Å². The minimum absolute atomic E-state index is 0.133. The van der Waals surface area contributed by atoms with Crippen molar-refractivity contribution in [1.82, 2.24) is 15.3 Å². The molecule has 2 heterocycles. The molecule has 0 unspecified atom stereocenters. The molecule has 1 aromatic carbocycles. The zero-order valence-corrected chi connectivity index (χ0v) is 11.3. The lowest BCUT2D eigenvalue weighted by Crippen LogP contribution is -2.19. The Morgan fingerprint density at radius 1 is 1.33 bits per heavy atom. The Kier molecular flexibility index (Phi) is 3.87. The second kappa shape index (κ2) is 5.97. The van der Waals surface area contributed by atoms with Gasteiger partial charge in [-0.1, -0.05) is 12.1 Å². The molecule has 0 radical (unpaired) electrons. The molecule has 0 aliphatic carbocycles. The van der Waals surface area contributed by atoms with Crippen LogP contribution in [-0.4, -0.2) is 22.4 Å². The molecule has 1 aromatic heterocycles. The number of benzene rings is 1. The molecule has 1 saturated heterocycles. The van der Waals surface area contributed by atoms with Gasteiger partial charge in [0, 0.05) is 0 Å². The van der Waals surface area contributed by atoms with E-state index in [0.717, 1.165) is 25.1 Å². The zero-order chi connectivity index (χ0) is 14.7. The number of rotatable bonds is 3.